The molecule has 0 saturated heterocycles. The first-order valence-corrected chi connectivity index (χ1v) is 16.8. The third-order valence-electron chi connectivity index (χ3n) is 4.87. The Labute approximate surface area is 174 Å². The first-order valence-electron chi connectivity index (χ1n) is 9.35. The van der Waals surface area contributed by atoms with Crippen molar-refractivity contribution in [3.8, 4) is 0 Å². The molecular weight excluding hydrogens is 558 g/mol. The van der Waals surface area contributed by atoms with E-state index in [-0.39, 0.29) is 5.82 Å². The Kier molecular flexibility index (Phi) is 5.85. The molecule has 0 unspecified atom stereocenters. The summed E-state index contributed by atoms with van der Waals surface area (Å²) in [7, 11) is 0. The van der Waals surface area contributed by atoms with Crippen LogP contribution < -0.4 is 9.37 Å². The second-order valence-corrected chi connectivity index (χ2v) is 19.5. The average molecular weight is 578 g/mol. The van der Waals surface area contributed by atoms with Gasteiger partial charge in [-0.1, -0.05) is 0 Å². The zero-order valence-electron chi connectivity index (χ0n) is 15.7. The third-order valence-corrected chi connectivity index (χ3v) is 20.1. The standard InChI is InChI=1S/C7H5FO2.3C6H5.Pb/c8-6-3-1-5(2-4-6)7(9)10;3*1-2-4-6-5-3-1;/h1-4H,(H,9,10);3*1-5H;/q;;;;+1/p-1. The molecule has 0 aliphatic heterocycles. The monoisotopic (exact) mass is 578 g/mol. The zero-order chi connectivity index (χ0) is 20.1. The van der Waals surface area contributed by atoms with Gasteiger partial charge in [0.15, 0.2) is 0 Å². The Morgan fingerprint density at radius 1 is 0.586 bits per heavy atom. The van der Waals surface area contributed by atoms with Gasteiger partial charge in [-0.25, -0.2) is 0 Å². The maximum atomic E-state index is 13.3. The number of hydrogen-bond acceptors (Lipinski definition) is 2. The summed E-state index contributed by atoms with van der Waals surface area (Å²) in [6.07, 6.45) is 0. The van der Waals surface area contributed by atoms with Crippen molar-refractivity contribution >= 4 is 37.0 Å². The van der Waals surface area contributed by atoms with Crippen LogP contribution in [0, 0.1) is 5.82 Å². The molecule has 0 aliphatic carbocycles. The Balaban J connectivity index is 1.92. The fourth-order valence-corrected chi connectivity index (χ4v) is 18.0. The molecule has 0 amide bonds. The molecule has 0 atom stereocenters. The van der Waals surface area contributed by atoms with Crippen molar-refractivity contribution in [1.82, 2.24) is 0 Å². The number of benzene rings is 4. The second kappa shape index (κ2) is 8.70. The van der Waals surface area contributed by atoms with Crippen LogP contribution in [0.3, 0.4) is 0 Å². The first-order chi connectivity index (χ1) is 14.2. The van der Waals surface area contributed by atoms with E-state index in [2.05, 4.69) is 0 Å². The van der Waals surface area contributed by atoms with Crippen LogP contribution in [-0.4, -0.2) is 27.6 Å². The van der Waals surface area contributed by atoms with Crippen LogP contribution in [0.25, 0.3) is 0 Å². The summed E-state index contributed by atoms with van der Waals surface area (Å²) in [6.45, 7) is 0. The van der Waals surface area contributed by atoms with Crippen molar-refractivity contribution in [2.75, 3.05) is 0 Å². The van der Waals surface area contributed by atoms with Crippen molar-refractivity contribution < 1.29 is 11.9 Å². The van der Waals surface area contributed by atoms with Gasteiger partial charge < -0.3 is 0 Å². The summed E-state index contributed by atoms with van der Waals surface area (Å²) in [5, 5.41) is 0. The van der Waals surface area contributed by atoms with Crippen LogP contribution in [0.15, 0.2) is 115 Å². The van der Waals surface area contributed by atoms with Crippen LogP contribution in [0.1, 0.15) is 10.4 Å². The molecule has 0 fully saturated rings. The fraction of sp³-hybridized carbons (Fsp3) is 0. The van der Waals surface area contributed by atoms with Gasteiger partial charge in [-0.05, 0) is 0 Å². The summed E-state index contributed by atoms with van der Waals surface area (Å²) in [4.78, 5) is 13.2. The fourth-order valence-electron chi connectivity index (χ4n) is 3.48. The van der Waals surface area contributed by atoms with E-state index in [1.807, 2.05) is 91.0 Å². The molecule has 4 rings (SSSR count). The summed E-state index contributed by atoms with van der Waals surface area (Å²) < 4.78 is 23.0. The number of carbonyl (C=O) groups excluding carboxylic acids is 1. The van der Waals surface area contributed by atoms with Gasteiger partial charge >= 0.3 is 175 Å². The summed E-state index contributed by atoms with van der Waals surface area (Å²) in [5.74, 6) is -0.810. The van der Waals surface area contributed by atoms with Crippen LogP contribution in [-0.2, 0) is 2.69 Å². The van der Waals surface area contributed by atoms with Gasteiger partial charge in [-0.3, -0.25) is 0 Å². The molecule has 0 N–H and O–H groups in total. The van der Waals surface area contributed by atoms with Crippen molar-refractivity contribution in [2.24, 2.45) is 0 Å². The minimum absolute atomic E-state index is 0.346. The van der Waals surface area contributed by atoms with Gasteiger partial charge in [0.1, 0.15) is 0 Å². The quantitative estimate of drug-likeness (QED) is 0.339. The number of hydrogen-bond donors (Lipinski definition) is 0. The van der Waals surface area contributed by atoms with Gasteiger partial charge in [0.2, 0.25) is 0 Å². The minimum atomic E-state index is -4.32. The molecule has 0 aliphatic rings. The van der Waals surface area contributed by atoms with Crippen LogP contribution in [0.2, 0.25) is 0 Å². The van der Waals surface area contributed by atoms with E-state index in [1.54, 1.807) is 0 Å². The van der Waals surface area contributed by atoms with Gasteiger partial charge in [0.05, 0.1) is 0 Å². The number of halogens is 1. The van der Waals surface area contributed by atoms with Gasteiger partial charge in [0, 0.05) is 0 Å². The average Bonchev–Trinajstić information content (AvgIpc) is 2.79. The topological polar surface area (TPSA) is 26.3 Å². The molecule has 0 radical (unpaired) electrons. The van der Waals surface area contributed by atoms with Crippen LogP contribution >= 0.6 is 0 Å². The van der Waals surface area contributed by atoms with Crippen LogP contribution in [0.4, 0.5) is 4.39 Å². The molecular formula is C25H19FO2Pb. The SMILES string of the molecule is O=C([O][Pb]([c]1ccccc1)([c]1ccccc1)[c]1ccccc1)c1ccc(F)cc1. The zero-order valence-corrected chi connectivity index (χ0v) is 19.6. The Bertz CT molecular complexity index is 985. The molecule has 0 saturated carbocycles. The molecule has 29 heavy (non-hydrogen) atoms. The molecule has 0 spiro atoms. The molecule has 0 heterocycles. The predicted molar refractivity (Wildman–Crippen MR) is 116 cm³/mol. The van der Waals surface area contributed by atoms with Crippen LogP contribution in [0.5, 0.6) is 0 Å². The van der Waals surface area contributed by atoms with E-state index in [0.717, 1.165) is 9.37 Å². The normalized spacial score (nSPS) is 11.1. The molecule has 0 aromatic heterocycles. The van der Waals surface area contributed by atoms with E-state index in [1.165, 1.54) is 24.3 Å². The number of carbonyl (C=O) groups is 1. The van der Waals surface area contributed by atoms with E-state index in [9.17, 15) is 9.18 Å². The molecule has 4 aromatic carbocycles. The molecule has 0 bridgehead atoms. The molecule has 142 valence electrons. The van der Waals surface area contributed by atoms with E-state index in [0.29, 0.717) is 5.56 Å². The first kappa shape index (κ1) is 19.5. The molecule has 4 aromatic rings. The van der Waals surface area contributed by atoms with E-state index >= 15 is 0 Å². The maximum absolute atomic E-state index is 13.3. The van der Waals surface area contributed by atoms with E-state index in [4.69, 9.17) is 2.69 Å². The Morgan fingerprint density at radius 2 is 0.966 bits per heavy atom. The van der Waals surface area contributed by atoms with Gasteiger partial charge in [-0.2, -0.15) is 0 Å². The summed E-state index contributed by atoms with van der Waals surface area (Å²) in [6, 6.07) is 35.5. The summed E-state index contributed by atoms with van der Waals surface area (Å²) >= 11 is -4.32. The van der Waals surface area contributed by atoms with Gasteiger partial charge in [-0.15, -0.1) is 0 Å². The molecule has 2 nitrogen and oxygen atoms in total. The van der Waals surface area contributed by atoms with Crippen molar-refractivity contribution in [3.63, 3.8) is 0 Å². The summed E-state index contributed by atoms with van der Waals surface area (Å²) in [5.41, 5.74) is 0.346. The van der Waals surface area contributed by atoms with Gasteiger partial charge in [0.25, 0.3) is 0 Å². The molecule has 4 heteroatoms. The predicted octanol–water partition coefficient (Wildman–Crippen LogP) is 3.65. The van der Waals surface area contributed by atoms with E-state index < -0.39 is 27.6 Å². The Morgan fingerprint density at radius 3 is 1.34 bits per heavy atom. The number of rotatable bonds is 5. The van der Waals surface area contributed by atoms with Crippen molar-refractivity contribution in [2.45, 2.75) is 0 Å². The van der Waals surface area contributed by atoms with Crippen molar-refractivity contribution in [1.29, 1.82) is 0 Å². The second-order valence-electron chi connectivity index (χ2n) is 6.68. The van der Waals surface area contributed by atoms with Crippen molar-refractivity contribution in [3.05, 3.63) is 127 Å². The third kappa shape index (κ3) is 4.01. The Hall–Kier alpha value is -2.80.